The van der Waals surface area contributed by atoms with Gasteiger partial charge in [-0.25, -0.2) is 4.39 Å². The maximum Gasteiger partial charge on any atom is 0.152 e. The van der Waals surface area contributed by atoms with Crippen LogP contribution in [0.25, 0.3) is 0 Å². The fraction of sp³-hybridized carbons (Fsp3) is 0.895. The van der Waals surface area contributed by atoms with E-state index in [9.17, 15) is 14.6 Å². The SMILES string of the molecule is C[C@]12CC[C@H]3[C@@H](CCC4=CCCC[C@@]43C)[C@@H]1[C@@H](O)[C@@H](F)[C@@H]2O. The third-order valence-electron chi connectivity index (χ3n) is 8.00. The molecule has 3 saturated carbocycles. The summed E-state index contributed by atoms with van der Waals surface area (Å²) < 4.78 is 14.3. The van der Waals surface area contributed by atoms with Crippen LogP contribution in [0.5, 0.6) is 0 Å². The number of hydrogen-bond acceptors (Lipinski definition) is 2. The zero-order chi connectivity index (χ0) is 15.7. The number of rotatable bonds is 0. The topological polar surface area (TPSA) is 40.5 Å². The maximum atomic E-state index is 14.3. The minimum atomic E-state index is -1.47. The molecule has 0 saturated heterocycles. The van der Waals surface area contributed by atoms with Crippen LogP contribution in [-0.4, -0.2) is 28.6 Å². The fourth-order valence-corrected chi connectivity index (χ4v) is 6.77. The van der Waals surface area contributed by atoms with Gasteiger partial charge in [-0.05, 0) is 68.1 Å². The lowest BCUT2D eigenvalue weighted by molar-refractivity contribution is -0.0935. The summed E-state index contributed by atoms with van der Waals surface area (Å²) >= 11 is 0. The Labute approximate surface area is 132 Å². The summed E-state index contributed by atoms with van der Waals surface area (Å²) in [5.74, 6) is 0.846. The van der Waals surface area contributed by atoms with Gasteiger partial charge in [-0.15, -0.1) is 0 Å². The summed E-state index contributed by atoms with van der Waals surface area (Å²) in [4.78, 5) is 0. The Balaban J connectivity index is 1.72. The third-order valence-corrected chi connectivity index (χ3v) is 8.00. The van der Waals surface area contributed by atoms with E-state index < -0.39 is 23.8 Å². The molecule has 8 atom stereocenters. The van der Waals surface area contributed by atoms with Crippen LogP contribution in [0, 0.1) is 28.6 Å². The molecular formula is C19H29FO2. The van der Waals surface area contributed by atoms with Gasteiger partial charge in [-0.1, -0.05) is 25.5 Å². The third kappa shape index (κ3) is 1.73. The average Bonchev–Trinajstić information content (AvgIpc) is 2.68. The molecule has 0 heterocycles. The van der Waals surface area contributed by atoms with Crippen molar-refractivity contribution in [2.45, 2.75) is 77.2 Å². The molecule has 4 rings (SSSR count). The van der Waals surface area contributed by atoms with Crippen LogP contribution in [0.3, 0.4) is 0 Å². The first-order chi connectivity index (χ1) is 10.4. The number of hydrogen-bond donors (Lipinski definition) is 2. The highest BCUT2D eigenvalue weighted by Crippen LogP contribution is 2.65. The molecule has 3 heteroatoms. The van der Waals surface area contributed by atoms with E-state index in [1.807, 2.05) is 6.92 Å². The van der Waals surface area contributed by atoms with Crippen LogP contribution in [0.2, 0.25) is 0 Å². The van der Waals surface area contributed by atoms with Crippen LogP contribution in [0.4, 0.5) is 4.39 Å². The first kappa shape index (κ1) is 15.1. The highest BCUT2D eigenvalue weighted by molar-refractivity contribution is 5.25. The van der Waals surface area contributed by atoms with E-state index in [1.54, 1.807) is 5.57 Å². The predicted molar refractivity (Wildman–Crippen MR) is 84.0 cm³/mol. The van der Waals surface area contributed by atoms with Gasteiger partial charge in [-0.3, -0.25) is 0 Å². The number of aliphatic hydroxyl groups excluding tert-OH is 2. The van der Waals surface area contributed by atoms with Crippen molar-refractivity contribution < 1.29 is 14.6 Å². The van der Waals surface area contributed by atoms with Gasteiger partial charge in [0.15, 0.2) is 6.17 Å². The Kier molecular flexibility index (Phi) is 3.30. The maximum absolute atomic E-state index is 14.3. The molecule has 22 heavy (non-hydrogen) atoms. The molecule has 0 spiro atoms. The lowest BCUT2D eigenvalue weighted by Crippen LogP contribution is -2.52. The van der Waals surface area contributed by atoms with Gasteiger partial charge in [0, 0.05) is 5.41 Å². The first-order valence-corrected chi connectivity index (χ1v) is 9.09. The van der Waals surface area contributed by atoms with Gasteiger partial charge in [0.1, 0.15) is 0 Å². The minimum Gasteiger partial charge on any atom is -0.390 e. The summed E-state index contributed by atoms with van der Waals surface area (Å²) in [6.45, 7) is 4.41. The molecule has 2 nitrogen and oxygen atoms in total. The molecule has 3 fully saturated rings. The predicted octanol–water partition coefficient (Wildman–Crippen LogP) is 3.62. The van der Waals surface area contributed by atoms with E-state index in [0.29, 0.717) is 11.8 Å². The summed E-state index contributed by atoms with van der Waals surface area (Å²) in [5, 5.41) is 20.9. The molecule has 0 aromatic heterocycles. The van der Waals surface area contributed by atoms with Crippen molar-refractivity contribution >= 4 is 0 Å². The van der Waals surface area contributed by atoms with E-state index in [2.05, 4.69) is 13.0 Å². The van der Waals surface area contributed by atoms with Gasteiger partial charge >= 0.3 is 0 Å². The lowest BCUT2D eigenvalue weighted by atomic mass is 9.47. The number of alkyl halides is 1. The molecule has 124 valence electrons. The average molecular weight is 308 g/mol. The molecule has 0 amide bonds. The summed E-state index contributed by atoms with van der Waals surface area (Å²) in [7, 11) is 0. The Morgan fingerprint density at radius 3 is 2.73 bits per heavy atom. The van der Waals surface area contributed by atoms with E-state index in [-0.39, 0.29) is 11.3 Å². The summed E-state index contributed by atoms with van der Waals surface area (Å²) in [5.41, 5.74) is 1.43. The van der Waals surface area contributed by atoms with E-state index in [1.165, 1.54) is 19.3 Å². The van der Waals surface area contributed by atoms with Crippen molar-refractivity contribution in [3.8, 4) is 0 Å². The largest absolute Gasteiger partial charge is 0.390 e. The van der Waals surface area contributed by atoms with Crippen molar-refractivity contribution in [2.75, 3.05) is 0 Å². The number of allylic oxidation sites excluding steroid dienone is 2. The van der Waals surface area contributed by atoms with Gasteiger partial charge in [0.05, 0.1) is 12.2 Å². The Morgan fingerprint density at radius 1 is 1.18 bits per heavy atom. The van der Waals surface area contributed by atoms with Crippen molar-refractivity contribution in [3.63, 3.8) is 0 Å². The van der Waals surface area contributed by atoms with Crippen LogP contribution >= 0.6 is 0 Å². The van der Waals surface area contributed by atoms with Crippen LogP contribution in [-0.2, 0) is 0 Å². The molecule has 4 aliphatic rings. The van der Waals surface area contributed by atoms with Gasteiger partial charge in [-0.2, -0.15) is 0 Å². The minimum absolute atomic E-state index is 0.0726. The second kappa shape index (κ2) is 4.80. The van der Waals surface area contributed by atoms with E-state index in [4.69, 9.17) is 0 Å². The molecule has 0 bridgehead atoms. The summed E-state index contributed by atoms with van der Waals surface area (Å²) in [6.07, 6.45) is 6.78. The normalized spacial score (nSPS) is 57.6. The Bertz CT molecular complexity index is 504. The second-order valence-corrected chi connectivity index (χ2v) is 8.80. The second-order valence-electron chi connectivity index (χ2n) is 8.80. The van der Waals surface area contributed by atoms with Crippen molar-refractivity contribution in [1.29, 1.82) is 0 Å². The lowest BCUT2D eigenvalue weighted by Gasteiger charge is -2.58. The fourth-order valence-electron chi connectivity index (χ4n) is 6.77. The summed E-state index contributed by atoms with van der Waals surface area (Å²) in [6, 6.07) is 0. The van der Waals surface area contributed by atoms with E-state index in [0.717, 1.165) is 25.7 Å². The van der Waals surface area contributed by atoms with Crippen LogP contribution < -0.4 is 0 Å². The zero-order valence-corrected chi connectivity index (χ0v) is 13.8. The molecule has 2 N–H and O–H groups in total. The zero-order valence-electron chi connectivity index (χ0n) is 13.8. The Hall–Kier alpha value is -0.410. The molecule has 0 unspecified atom stereocenters. The van der Waals surface area contributed by atoms with Crippen LogP contribution in [0.1, 0.15) is 58.8 Å². The monoisotopic (exact) mass is 308 g/mol. The number of halogens is 1. The van der Waals surface area contributed by atoms with Gasteiger partial charge in [0.25, 0.3) is 0 Å². The van der Waals surface area contributed by atoms with Crippen LogP contribution in [0.15, 0.2) is 11.6 Å². The molecule has 0 aromatic rings. The molecule has 0 aliphatic heterocycles. The standard InChI is InChI=1S/C19H29FO2/c1-18-9-4-3-5-11(18)6-7-12-13(18)8-10-19(2)14(12)16(21)15(20)17(19)22/h5,12-17,21-22H,3-4,6-10H2,1-2H3/t12-,13+,14-,15-,16-,17+,18+,19+/m1/s1. The van der Waals surface area contributed by atoms with Gasteiger partial charge < -0.3 is 10.2 Å². The molecular weight excluding hydrogens is 279 g/mol. The van der Waals surface area contributed by atoms with Crippen molar-refractivity contribution in [1.82, 2.24) is 0 Å². The number of fused-ring (bicyclic) bond motifs is 5. The van der Waals surface area contributed by atoms with E-state index >= 15 is 0 Å². The molecule has 0 radical (unpaired) electrons. The highest BCUT2D eigenvalue weighted by atomic mass is 19.1. The smallest absolute Gasteiger partial charge is 0.152 e. The van der Waals surface area contributed by atoms with Gasteiger partial charge in [0.2, 0.25) is 0 Å². The first-order valence-electron chi connectivity index (χ1n) is 9.09. The molecule has 0 aromatic carbocycles. The highest BCUT2D eigenvalue weighted by Gasteiger charge is 2.65. The Morgan fingerprint density at radius 2 is 1.95 bits per heavy atom. The quantitative estimate of drug-likeness (QED) is 0.671. The number of aliphatic hydroxyl groups is 2. The molecule has 4 aliphatic carbocycles. The van der Waals surface area contributed by atoms with Crippen molar-refractivity contribution in [2.24, 2.45) is 28.6 Å². The van der Waals surface area contributed by atoms with Crippen molar-refractivity contribution in [3.05, 3.63) is 11.6 Å².